The van der Waals surface area contributed by atoms with Crippen LogP contribution in [0.4, 0.5) is 5.69 Å². The van der Waals surface area contributed by atoms with Crippen LogP contribution in [0.15, 0.2) is 54.6 Å². The molecule has 0 unspecified atom stereocenters. The lowest BCUT2D eigenvalue weighted by atomic mass is 10.2. The van der Waals surface area contributed by atoms with Crippen LogP contribution >= 0.6 is 0 Å². The molecule has 2 aromatic carbocycles. The van der Waals surface area contributed by atoms with E-state index in [9.17, 15) is 14.4 Å². The van der Waals surface area contributed by atoms with E-state index in [0.717, 1.165) is 12.0 Å². The van der Waals surface area contributed by atoms with Crippen molar-refractivity contribution in [3.63, 3.8) is 0 Å². The normalized spacial score (nSPS) is 10.4. The maximum Gasteiger partial charge on any atom is 0.269 e. The fourth-order valence-corrected chi connectivity index (χ4v) is 2.36. The Kier molecular flexibility index (Phi) is 7.77. The van der Waals surface area contributed by atoms with Crippen LogP contribution in [-0.4, -0.2) is 24.8 Å². The van der Waals surface area contributed by atoms with Gasteiger partial charge in [0, 0.05) is 29.3 Å². The average Bonchev–Trinajstić information content (AvgIpc) is 2.71. The minimum atomic E-state index is -0.484. The van der Waals surface area contributed by atoms with E-state index < -0.39 is 11.8 Å². The fourth-order valence-electron chi connectivity index (χ4n) is 2.36. The molecule has 0 aliphatic rings. The zero-order valence-electron chi connectivity index (χ0n) is 15.8. The summed E-state index contributed by atoms with van der Waals surface area (Å²) in [6.45, 7) is 1.92. The maximum absolute atomic E-state index is 12.1. The van der Waals surface area contributed by atoms with Crippen LogP contribution < -0.4 is 20.9 Å². The largest absolute Gasteiger partial charge is 0.496 e. The summed E-state index contributed by atoms with van der Waals surface area (Å²) in [6, 6.07) is 13.6. The van der Waals surface area contributed by atoms with Gasteiger partial charge in [-0.15, -0.1) is 0 Å². The second-order valence-corrected chi connectivity index (χ2v) is 5.89. The number of para-hydroxylation sites is 1. The molecule has 0 heterocycles. The van der Waals surface area contributed by atoms with E-state index in [4.69, 9.17) is 4.74 Å². The molecule has 3 N–H and O–H groups in total. The number of anilines is 1. The molecule has 0 aromatic heterocycles. The third kappa shape index (κ3) is 6.28. The Morgan fingerprint density at radius 1 is 1.00 bits per heavy atom. The highest BCUT2D eigenvalue weighted by atomic mass is 16.5. The standard InChI is InChI=1S/C21H23N3O4/c1-3-6-19(25)22-17-12-9-16(10-13-17)21(27)24-23-20(26)14-11-15-7-4-5-8-18(15)28-2/h4-5,7-14H,3,6H2,1-2H3,(H,22,25)(H,23,26)(H,24,27)/b14-11+. The number of rotatable bonds is 7. The molecule has 0 bridgehead atoms. The Balaban J connectivity index is 1.86. The predicted molar refractivity (Wildman–Crippen MR) is 108 cm³/mol. The Morgan fingerprint density at radius 3 is 2.39 bits per heavy atom. The topological polar surface area (TPSA) is 96.5 Å². The first kappa shape index (κ1) is 20.7. The van der Waals surface area contributed by atoms with Crippen LogP contribution in [-0.2, 0) is 9.59 Å². The highest BCUT2D eigenvalue weighted by Crippen LogP contribution is 2.18. The Hall–Kier alpha value is -3.61. The molecule has 0 saturated carbocycles. The summed E-state index contributed by atoms with van der Waals surface area (Å²) < 4.78 is 5.20. The van der Waals surface area contributed by atoms with Crippen molar-refractivity contribution in [2.45, 2.75) is 19.8 Å². The van der Waals surface area contributed by atoms with E-state index in [0.29, 0.717) is 23.4 Å². The Morgan fingerprint density at radius 2 is 1.71 bits per heavy atom. The number of nitrogens with one attached hydrogen (secondary N) is 3. The van der Waals surface area contributed by atoms with Gasteiger partial charge in [0.1, 0.15) is 5.75 Å². The van der Waals surface area contributed by atoms with Crippen molar-refractivity contribution in [3.8, 4) is 5.75 Å². The van der Waals surface area contributed by atoms with Crippen molar-refractivity contribution in [1.29, 1.82) is 0 Å². The lowest BCUT2D eigenvalue weighted by Crippen LogP contribution is -2.40. The maximum atomic E-state index is 12.1. The minimum Gasteiger partial charge on any atom is -0.496 e. The first-order valence-corrected chi connectivity index (χ1v) is 8.84. The monoisotopic (exact) mass is 381 g/mol. The summed E-state index contributed by atoms with van der Waals surface area (Å²) in [5, 5.41) is 2.74. The average molecular weight is 381 g/mol. The van der Waals surface area contributed by atoms with E-state index in [1.165, 1.54) is 6.08 Å². The quantitative estimate of drug-likeness (QED) is 0.507. The molecule has 0 aliphatic heterocycles. The molecule has 0 fully saturated rings. The summed E-state index contributed by atoms with van der Waals surface area (Å²) in [6.07, 6.45) is 4.09. The van der Waals surface area contributed by atoms with Gasteiger partial charge in [-0.1, -0.05) is 25.1 Å². The van der Waals surface area contributed by atoms with Crippen LogP contribution in [0, 0.1) is 0 Å². The smallest absolute Gasteiger partial charge is 0.269 e. The lowest BCUT2D eigenvalue weighted by Gasteiger charge is -2.07. The molecule has 0 saturated heterocycles. The number of amides is 3. The number of hydrazine groups is 1. The van der Waals surface area contributed by atoms with Crippen molar-refractivity contribution in [1.82, 2.24) is 10.9 Å². The molecule has 0 spiro atoms. The molecule has 7 heteroatoms. The summed E-state index contributed by atoms with van der Waals surface area (Å²) in [4.78, 5) is 35.6. The van der Waals surface area contributed by atoms with Crippen LogP contribution in [0.1, 0.15) is 35.7 Å². The molecule has 2 aromatic rings. The van der Waals surface area contributed by atoms with Crippen LogP contribution in [0.5, 0.6) is 5.75 Å². The van der Waals surface area contributed by atoms with Crippen LogP contribution in [0.25, 0.3) is 6.08 Å². The Bertz CT molecular complexity index is 860. The number of carbonyl (C=O) groups excluding carboxylic acids is 3. The van der Waals surface area contributed by atoms with Gasteiger partial charge < -0.3 is 10.1 Å². The number of benzene rings is 2. The molecule has 7 nitrogen and oxygen atoms in total. The van der Waals surface area contributed by atoms with Gasteiger partial charge in [0.15, 0.2) is 0 Å². The molecule has 2 rings (SSSR count). The highest BCUT2D eigenvalue weighted by molar-refractivity contribution is 5.98. The van der Waals surface area contributed by atoms with Gasteiger partial charge in [0.05, 0.1) is 7.11 Å². The van der Waals surface area contributed by atoms with E-state index in [1.54, 1.807) is 43.5 Å². The SMILES string of the molecule is CCCC(=O)Nc1ccc(C(=O)NNC(=O)/C=C/c2ccccc2OC)cc1. The molecular weight excluding hydrogens is 358 g/mol. The van der Waals surface area contributed by atoms with Gasteiger partial charge in [-0.25, -0.2) is 0 Å². The van der Waals surface area contributed by atoms with Crippen molar-refractivity contribution >= 4 is 29.5 Å². The van der Waals surface area contributed by atoms with Gasteiger partial charge in [0.2, 0.25) is 5.91 Å². The third-order valence-corrected chi connectivity index (χ3v) is 3.76. The summed E-state index contributed by atoms with van der Waals surface area (Å²) in [5.74, 6) is -0.385. The zero-order chi connectivity index (χ0) is 20.4. The van der Waals surface area contributed by atoms with Crippen molar-refractivity contribution in [2.24, 2.45) is 0 Å². The van der Waals surface area contributed by atoms with Gasteiger partial charge in [-0.2, -0.15) is 0 Å². The predicted octanol–water partition coefficient (Wildman–Crippen LogP) is 2.91. The third-order valence-electron chi connectivity index (χ3n) is 3.76. The van der Waals surface area contributed by atoms with E-state index in [1.807, 2.05) is 25.1 Å². The summed E-state index contributed by atoms with van der Waals surface area (Å²) in [5.41, 5.74) is 6.35. The number of ether oxygens (including phenoxy) is 1. The fraction of sp³-hybridized carbons (Fsp3) is 0.190. The van der Waals surface area contributed by atoms with Crippen molar-refractivity contribution in [2.75, 3.05) is 12.4 Å². The highest BCUT2D eigenvalue weighted by Gasteiger charge is 2.07. The second-order valence-electron chi connectivity index (χ2n) is 5.89. The summed E-state index contributed by atoms with van der Waals surface area (Å²) in [7, 11) is 1.55. The number of hydrogen-bond acceptors (Lipinski definition) is 4. The first-order valence-electron chi connectivity index (χ1n) is 8.84. The number of hydrogen-bond donors (Lipinski definition) is 3. The van der Waals surface area contributed by atoms with Gasteiger partial charge >= 0.3 is 0 Å². The first-order chi connectivity index (χ1) is 13.5. The molecule has 146 valence electrons. The molecule has 0 aliphatic carbocycles. The van der Waals surface area contributed by atoms with Crippen molar-refractivity contribution < 1.29 is 19.1 Å². The number of carbonyl (C=O) groups is 3. The second kappa shape index (κ2) is 10.5. The molecular formula is C21H23N3O4. The molecule has 3 amide bonds. The Labute approximate surface area is 163 Å². The van der Waals surface area contributed by atoms with Gasteiger partial charge in [-0.3, -0.25) is 25.2 Å². The van der Waals surface area contributed by atoms with Crippen LogP contribution in [0.3, 0.4) is 0 Å². The van der Waals surface area contributed by atoms with Gasteiger partial charge in [0.25, 0.3) is 11.8 Å². The molecule has 0 radical (unpaired) electrons. The van der Waals surface area contributed by atoms with Crippen LogP contribution in [0.2, 0.25) is 0 Å². The molecule has 28 heavy (non-hydrogen) atoms. The van der Waals surface area contributed by atoms with Crippen molar-refractivity contribution in [3.05, 3.63) is 65.7 Å². The lowest BCUT2D eigenvalue weighted by molar-refractivity contribution is -0.117. The summed E-state index contributed by atoms with van der Waals surface area (Å²) >= 11 is 0. The van der Waals surface area contributed by atoms with E-state index in [2.05, 4.69) is 16.2 Å². The van der Waals surface area contributed by atoms with E-state index >= 15 is 0 Å². The number of methoxy groups -OCH3 is 1. The minimum absolute atomic E-state index is 0.0752. The van der Waals surface area contributed by atoms with Gasteiger partial charge in [-0.05, 0) is 42.8 Å². The van der Waals surface area contributed by atoms with E-state index in [-0.39, 0.29) is 5.91 Å². The zero-order valence-corrected chi connectivity index (χ0v) is 15.8. The molecule has 0 atom stereocenters.